The van der Waals surface area contributed by atoms with Crippen molar-refractivity contribution in [2.24, 2.45) is 0 Å². The molecule has 0 amide bonds. The van der Waals surface area contributed by atoms with Crippen molar-refractivity contribution < 1.29 is 31.8 Å². The number of ether oxygens (including phenoxy) is 1. The lowest BCUT2D eigenvalue weighted by Gasteiger charge is -2.14. The van der Waals surface area contributed by atoms with Crippen molar-refractivity contribution >= 4 is 0 Å². The van der Waals surface area contributed by atoms with E-state index >= 15 is 0 Å². The van der Waals surface area contributed by atoms with E-state index in [1.165, 1.54) is 38.3 Å². The second-order valence-corrected chi connectivity index (χ2v) is 16.5. The number of tetrazole rings is 3. The molecule has 0 aliphatic rings. The van der Waals surface area contributed by atoms with Crippen LogP contribution in [0.15, 0.2) is 224 Å². The van der Waals surface area contributed by atoms with Gasteiger partial charge in [0.2, 0.25) is 0 Å². The normalized spacial score (nSPS) is 10.8. The summed E-state index contributed by atoms with van der Waals surface area (Å²) in [5.74, 6) is 0.0556. The Labute approximate surface area is 435 Å². The second kappa shape index (κ2) is 23.1. The smallest absolute Gasteiger partial charge is 0.387 e. The van der Waals surface area contributed by atoms with Gasteiger partial charge >= 0.3 is 6.61 Å². The lowest BCUT2D eigenvalue weighted by molar-refractivity contribution is -0.0494. The van der Waals surface area contributed by atoms with Crippen molar-refractivity contribution in [1.29, 1.82) is 0 Å². The predicted molar refractivity (Wildman–Crippen MR) is 278 cm³/mol. The van der Waals surface area contributed by atoms with E-state index in [1.54, 1.807) is 109 Å². The fraction of sp³-hybridized carbons (Fsp3) is 0.0172. The molecule has 0 aliphatic carbocycles. The Balaban J connectivity index is 0.000000131. The maximum absolute atomic E-state index is 14.3. The third-order valence-corrected chi connectivity index (χ3v) is 11.8. The molecule has 3 aromatic heterocycles. The van der Waals surface area contributed by atoms with Crippen LogP contribution in [0.25, 0.3) is 84.6 Å². The molecular formula is C58H39F5N12O2. The van der Waals surface area contributed by atoms with E-state index < -0.39 is 18.2 Å². The molecule has 0 spiro atoms. The number of hydrogen-bond acceptors (Lipinski definition) is 11. The molecule has 77 heavy (non-hydrogen) atoms. The monoisotopic (exact) mass is 1030 g/mol. The molecule has 0 aliphatic heterocycles. The molecule has 0 saturated carbocycles. The largest absolute Gasteiger partial charge is 0.507 e. The number of nitrogens with zero attached hydrogens (tertiary/aromatic N) is 12. The first kappa shape index (κ1) is 50.0. The Morgan fingerprint density at radius 2 is 0.662 bits per heavy atom. The van der Waals surface area contributed by atoms with Crippen molar-refractivity contribution in [1.82, 2.24) is 60.6 Å². The fourth-order valence-corrected chi connectivity index (χ4v) is 8.39. The quantitative estimate of drug-likeness (QED) is 0.123. The van der Waals surface area contributed by atoms with Crippen molar-refractivity contribution in [3.05, 3.63) is 242 Å². The van der Waals surface area contributed by atoms with Gasteiger partial charge in [0.15, 0.2) is 17.5 Å². The van der Waals surface area contributed by atoms with Crippen LogP contribution in [0.5, 0.6) is 11.5 Å². The minimum atomic E-state index is -2.96. The number of phenols is 1. The first-order valence-electron chi connectivity index (χ1n) is 23.5. The van der Waals surface area contributed by atoms with Crippen LogP contribution in [0.4, 0.5) is 22.0 Å². The van der Waals surface area contributed by atoms with Gasteiger partial charge < -0.3 is 9.84 Å². The molecule has 0 radical (unpaired) electrons. The third kappa shape index (κ3) is 10.9. The molecule has 19 heteroatoms. The van der Waals surface area contributed by atoms with Crippen LogP contribution in [-0.4, -0.2) is 72.3 Å². The zero-order chi connectivity index (χ0) is 53.1. The minimum Gasteiger partial charge on any atom is -0.507 e. The van der Waals surface area contributed by atoms with Crippen LogP contribution < -0.4 is 4.74 Å². The fourth-order valence-electron chi connectivity index (χ4n) is 8.39. The minimum absolute atomic E-state index is 0.0230. The number of rotatable bonds is 11. The number of hydrogen-bond donors (Lipinski definition) is 1. The Bertz CT molecular complexity index is 3950. The Morgan fingerprint density at radius 1 is 0.338 bits per heavy atom. The van der Waals surface area contributed by atoms with E-state index in [4.69, 9.17) is 0 Å². The van der Waals surface area contributed by atoms with E-state index in [0.29, 0.717) is 45.2 Å². The van der Waals surface area contributed by atoms with Crippen LogP contribution in [-0.2, 0) is 0 Å². The van der Waals surface area contributed by atoms with Gasteiger partial charge in [0.1, 0.15) is 46.0 Å². The van der Waals surface area contributed by atoms with E-state index in [0.717, 1.165) is 22.3 Å². The van der Waals surface area contributed by atoms with E-state index in [1.807, 2.05) is 91.0 Å². The van der Waals surface area contributed by atoms with Crippen molar-refractivity contribution in [2.75, 3.05) is 0 Å². The topological polar surface area (TPSA) is 160 Å². The zero-order valence-electron chi connectivity index (χ0n) is 40.1. The number of aromatic nitrogens is 12. The number of alkyl halides is 2. The first-order chi connectivity index (χ1) is 37.7. The summed E-state index contributed by atoms with van der Waals surface area (Å²) in [6.07, 6.45) is 0. The molecule has 0 saturated heterocycles. The van der Waals surface area contributed by atoms with Gasteiger partial charge in [0, 0.05) is 27.8 Å². The van der Waals surface area contributed by atoms with E-state index in [-0.39, 0.29) is 34.5 Å². The molecule has 1 N–H and O–H groups in total. The van der Waals surface area contributed by atoms with Gasteiger partial charge in [-0.15, -0.1) is 15.3 Å². The highest BCUT2D eigenvalue weighted by atomic mass is 19.3. The lowest BCUT2D eigenvalue weighted by Crippen LogP contribution is -2.05. The summed E-state index contributed by atoms with van der Waals surface area (Å²) in [7, 11) is 0. The summed E-state index contributed by atoms with van der Waals surface area (Å²) in [5.41, 5.74) is 7.31. The van der Waals surface area contributed by atoms with E-state index in [2.05, 4.69) is 51.3 Å². The van der Waals surface area contributed by atoms with Gasteiger partial charge in [-0.2, -0.15) is 22.8 Å². The highest BCUT2D eigenvalue weighted by Gasteiger charge is 2.22. The predicted octanol–water partition coefficient (Wildman–Crippen LogP) is 12.7. The standard InChI is InChI=1S/C20H13F3N4O.C19H13FN4O.C19H13FN4/c21-16-10-4-5-11-17(16)27-19(24-25-26-27)15-9-2-1-7-13(15)14-8-3-6-12-18(14)28-20(22)23;20-16-10-4-5-11-17(16)24-19(21-22-23-24)15-9-2-1-7-13(15)14-8-3-6-12-18(14)25;20-17-12-6-7-13-18(17)24-19(21-22-23-24)16-11-5-4-10-15(16)14-8-2-1-3-9-14/h1-12,20H;1-12,25H;1-13H. The molecule has 0 bridgehead atoms. The Morgan fingerprint density at radius 3 is 1.09 bits per heavy atom. The summed E-state index contributed by atoms with van der Waals surface area (Å²) in [5, 5.41) is 45.3. The molecule has 0 atom stereocenters. The molecule has 378 valence electrons. The van der Waals surface area contributed by atoms with Crippen molar-refractivity contribution in [2.45, 2.75) is 6.61 Å². The lowest BCUT2D eigenvalue weighted by atomic mass is 9.98. The van der Waals surface area contributed by atoms with Crippen molar-refractivity contribution in [3.63, 3.8) is 0 Å². The molecule has 12 rings (SSSR count). The maximum Gasteiger partial charge on any atom is 0.387 e. The summed E-state index contributed by atoms with van der Waals surface area (Å²) >= 11 is 0. The van der Waals surface area contributed by atoms with Gasteiger partial charge in [-0.25, -0.2) is 13.2 Å². The van der Waals surface area contributed by atoms with E-state index in [9.17, 15) is 27.1 Å². The van der Waals surface area contributed by atoms with Gasteiger partial charge in [-0.3, -0.25) is 0 Å². The molecule has 0 fully saturated rings. The van der Waals surface area contributed by atoms with Gasteiger partial charge in [0.25, 0.3) is 0 Å². The number of halogens is 5. The van der Waals surface area contributed by atoms with Crippen LogP contribution in [0.1, 0.15) is 0 Å². The first-order valence-corrected chi connectivity index (χ1v) is 23.5. The van der Waals surface area contributed by atoms with Crippen LogP contribution >= 0.6 is 0 Å². The molecule has 3 heterocycles. The highest BCUT2D eigenvalue weighted by Crippen LogP contribution is 2.39. The average molecular weight is 1030 g/mol. The number of para-hydroxylation sites is 5. The van der Waals surface area contributed by atoms with Gasteiger partial charge in [0.05, 0.1) is 0 Å². The van der Waals surface area contributed by atoms with Crippen LogP contribution in [0, 0.1) is 17.5 Å². The highest BCUT2D eigenvalue weighted by molar-refractivity contribution is 5.85. The summed E-state index contributed by atoms with van der Waals surface area (Å²) in [4.78, 5) is 0. The van der Waals surface area contributed by atoms with Crippen LogP contribution in [0.2, 0.25) is 0 Å². The number of benzene rings is 9. The van der Waals surface area contributed by atoms with Gasteiger partial charge in [-0.05, 0) is 102 Å². The maximum atomic E-state index is 14.3. The molecule has 0 unspecified atom stereocenters. The molecule has 14 nitrogen and oxygen atoms in total. The third-order valence-electron chi connectivity index (χ3n) is 11.8. The molecular weight excluding hydrogens is 992 g/mol. The van der Waals surface area contributed by atoms with Crippen LogP contribution in [0.3, 0.4) is 0 Å². The van der Waals surface area contributed by atoms with Crippen molar-refractivity contribution in [3.8, 4) is 96.1 Å². The molecule has 9 aromatic carbocycles. The number of aromatic hydroxyl groups is 1. The second-order valence-electron chi connectivity index (χ2n) is 16.5. The summed E-state index contributed by atoms with van der Waals surface area (Å²) in [6, 6.07) is 64.5. The SMILES string of the molecule is Fc1ccccc1-n1nnnc1-c1ccccc1-c1ccccc1.Fc1ccccc1-n1nnnc1-c1ccccc1-c1ccccc1OC(F)F.Oc1ccccc1-c1ccccc1-c1nnnn1-c1ccccc1F. The average Bonchev–Trinajstić information content (AvgIpc) is 4.29. The zero-order valence-corrected chi connectivity index (χ0v) is 40.1. The molecule has 12 aromatic rings. The summed E-state index contributed by atoms with van der Waals surface area (Å²) in [6.45, 7) is -2.96. The Kier molecular flexibility index (Phi) is 15.0. The summed E-state index contributed by atoms with van der Waals surface area (Å²) < 4.78 is 76.9. The number of phenolic OH excluding ortho intramolecular Hbond substituents is 1. The Hall–Kier alpha value is -10.6. The van der Waals surface area contributed by atoms with Gasteiger partial charge in [-0.1, -0.05) is 176 Å².